The summed E-state index contributed by atoms with van der Waals surface area (Å²) in [6.07, 6.45) is 0.572. The Bertz CT molecular complexity index is 571. The molecule has 0 heterocycles. The first-order valence-corrected chi connectivity index (χ1v) is 8.31. The molecule has 0 radical (unpaired) electrons. The molecule has 0 aliphatic carbocycles. The summed E-state index contributed by atoms with van der Waals surface area (Å²) >= 11 is 0. The van der Waals surface area contributed by atoms with E-state index in [-0.39, 0.29) is 0 Å². The number of hydrogen-bond donors (Lipinski definition) is 1. The highest BCUT2D eigenvalue weighted by Gasteiger charge is 2.13. The molecule has 0 fully saturated rings. The lowest BCUT2D eigenvalue weighted by Crippen LogP contribution is -2.35. The average molecular weight is 313 g/mol. The van der Waals surface area contributed by atoms with Gasteiger partial charge in [-0.2, -0.15) is 0 Å². The highest BCUT2D eigenvalue weighted by atomic mass is 16.5. The fraction of sp³-hybridized carbons (Fsp3) is 0.400. The average Bonchev–Trinajstić information content (AvgIpc) is 2.55. The van der Waals surface area contributed by atoms with Gasteiger partial charge in [0, 0.05) is 13.1 Å². The van der Waals surface area contributed by atoms with Crippen molar-refractivity contribution < 1.29 is 9.84 Å². The van der Waals surface area contributed by atoms with Gasteiger partial charge >= 0.3 is 0 Å². The molecule has 0 amide bonds. The predicted octanol–water partition coefficient (Wildman–Crippen LogP) is 3.65. The monoisotopic (exact) mass is 313 g/mol. The van der Waals surface area contributed by atoms with E-state index in [1.165, 1.54) is 5.56 Å². The zero-order chi connectivity index (χ0) is 16.5. The van der Waals surface area contributed by atoms with E-state index in [9.17, 15) is 5.11 Å². The Kier molecular flexibility index (Phi) is 7.11. The van der Waals surface area contributed by atoms with Crippen LogP contribution < -0.4 is 4.74 Å². The second-order valence-electron chi connectivity index (χ2n) is 5.95. The van der Waals surface area contributed by atoms with Gasteiger partial charge in [-0.3, -0.25) is 4.90 Å². The van der Waals surface area contributed by atoms with E-state index < -0.39 is 6.10 Å². The number of aryl methyl sites for hydroxylation is 1. The van der Waals surface area contributed by atoms with E-state index in [0.717, 1.165) is 30.8 Å². The third kappa shape index (κ3) is 6.05. The minimum absolute atomic E-state index is 0.319. The van der Waals surface area contributed by atoms with Crippen molar-refractivity contribution in [3.63, 3.8) is 0 Å². The molecule has 2 rings (SSSR count). The molecule has 3 nitrogen and oxygen atoms in total. The van der Waals surface area contributed by atoms with Crippen LogP contribution in [0.3, 0.4) is 0 Å². The summed E-state index contributed by atoms with van der Waals surface area (Å²) in [5.41, 5.74) is 2.36. The Hall–Kier alpha value is -1.84. The molecule has 1 N–H and O–H groups in total. The van der Waals surface area contributed by atoms with Crippen LogP contribution in [0.25, 0.3) is 0 Å². The second kappa shape index (κ2) is 9.33. The van der Waals surface area contributed by atoms with Crippen molar-refractivity contribution in [2.24, 2.45) is 0 Å². The Morgan fingerprint density at radius 1 is 1.04 bits per heavy atom. The van der Waals surface area contributed by atoms with Gasteiger partial charge < -0.3 is 9.84 Å². The fourth-order valence-electron chi connectivity index (χ4n) is 2.65. The second-order valence-corrected chi connectivity index (χ2v) is 5.95. The highest BCUT2D eigenvalue weighted by molar-refractivity contribution is 5.31. The van der Waals surface area contributed by atoms with E-state index in [2.05, 4.69) is 36.1 Å². The lowest BCUT2D eigenvalue weighted by molar-refractivity contribution is 0.0654. The molecular formula is C20H27NO2. The van der Waals surface area contributed by atoms with Crippen LogP contribution in [-0.4, -0.2) is 35.8 Å². The lowest BCUT2D eigenvalue weighted by Gasteiger charge is -2.25. The van der Waals surface area contributed by atoms with Crippen LogP contribution >= 0.6 is 0 Å². The summed E-state index contributed by atoms with van der Waals surface area (Å²) in [4.78, 5) is 2.28. The van der Waals surface area contributed by atoms with Gasteiger partial charge in [0.25, 0.3) is 0 Å². The zero-order valence-electron chi connectivity index (χ0n) is 14.1. The summed E-state index contributed by atoms with van der Waals surface area (Å²) in [5, 5.41) is 10.3. The fourth-order valence-corrected chi connectivity index (χ4v) is 2.65. The first kappa shape index (κ1) is 17.5. The first-order valence-electron chi connectivity index (χ1n) is 8.31. The number of aliphatic hydroxyl groups excluding tert-OH is 1. The van der Waals surface area contributed by atoms with Crippen LogP contribution in [0.1, 0.15) is 24.5 Å². The molecule has 0 aliphatic rings. The Labute approximate surface area is 139 Å². The maximum atomic E-state index is 10.3. The van der Waals surface area contributed by atoms with Crippen molar-refractivity contribution in [3.8, 4) is 5.75 Å². The van der Waals surface area contributed by atoms with Crippen molar-refractivity contribution >= 4 is 0 Å². The number of para-hydroxylation sites is 1. The van der Waals surface area contributed by atoms with Gasteiger partial charge in [-0.15, -0.1) is 0 Å². The van der Waals surface area contributed by atoms with Gasteiger partial charge in [0.1, 0.15) is 18.5 Å². The van der Waals surface area contributed by atoms with Crippen LogP contribution in [0.2, 0.25) is 0 Å². The van der Waals surface area contributed by atoms with Crippen molar-refractivity contribution in [1.29, 1.82) is 0 Å². The van der Waals surface area contributed by atoms with Crippen LogP contribution in [-0.2, 0) is 6.54 Å². The maximum absolute atomic E-state index is 10.3. The molecule has 0 aromatic heterocycles. The standard InChI is InChI=1S/C20H27NO2/c1-3-13-21(14-18-10-5-4-6-11-18)15-19(22)16-23-20-12-8-7-9-17(20)2/h4-12,19,22H,3,13-16H2,1-2H3/t19-/m1/s1. The van der Waals surface area contributed by atoms with Crippen molar-refractivity contribution in [2.75, 3.05) is 19.7 Å². The molecule has 0 bridgehead atoms. The van der Waals surface area contributed by atoms with E-state index in [1.807, 2.05) is 37.3 Å². The third-order valence-electron chi connectivity index (χ3n) is 3.78. The molecule has 23 heavy (non-hydrogen) atoms. The van der Waals surface area contributed by atoms with E-state index in [0.29, 0.717) is 13.2 Å². The Balaban J connectivity index is 1.85. The molecule has 0 unspecified atom stereocenters. The lowest BCUT2D eigenvalue weighted by atomic mass is 10.2. The minimum Gasteiger partial charge on any atom is -0.491 e. The molecule has 0 saturated carbocycles. The number of benzene rings is 2. The molecule has 3 heteroatoms. The third-order valence-corrected chi connectivity index (χ3v) is 3.78. The largest absolute Gasteiger partial charge is 0.491 e. The van der Waals surface area contributed by atoms with Crippen LogP contribution in [0.15, 0.2) is 54.6 Å². The number of nitrogens with zero attached hydrogens (tertiary/aromatic N) is 1. The Morgan fingerprint density at radius 3 is 2.43 bits per heavy atom. The topological polar surface area (TPSA) is 32.7 Å². The first-order chi connectivity index (χ1) is 11.2. The molecule has 0 aliphatic heterocycles. The SMILES string of the molecule is CCCN(Cc1ccccc1)C[C@@H](O)COc1ccccc1C. The van der Waals surface area contributed by atoms with Gasteiger partial charge in [0.2, 0.25) is 0 Å². The van der Waals surface area contributed by atoms with Crippen LogP contribution in [0, 0.1) is 6.92 Å². The summed E-state index contributed by atoms with van der Waals surface area (Å²) < 4.78 is 5.75. The molecule has 0 saturated heterocycles. The van der Waals surface area contributed by atoms with Gasteiger partial charge in [-0.1, -0.05) is 55.5 Å². The van der Waals surface area contributed by atoms with Crippen molar-refractivity contribution in [2.45, 2.75) is 32.9 Å². The Morgan fingerprint density at radius 2 is 1.74 bits per heavy atom. The number of ether oxygens (including phenoxy) is 1. The van der Waals surface area contributed by atoms with Crippen LogP contribution in [0.4, 0.5) is 0 Å². The maximum Gasteiger partial charge on any atom is 0.122 e. The quantitative estimate of drug-likeness (QED) is 0.767. The number of hydrogen-bond acceptors (Lipinski definition) is 3. The molecule has 124 valence electrons. The van der Waals surface area contributed by atoms with E-state index >= 15 is 0 Å². The van der Waals surface area contributed by atoms with E-state index in [4.69, 9.17) is 4.74 Å². The van der Waals surface area contributed by atoms with Crippen molar-refractivity contribution in [1.82, 2.24) is 4.90 Å². The summed E-state index contributed by atoms with van der Waals surface area (Å²) in [6.45, 7) is 6.94. The highest BCUT2D eigenvalue weighted by Crippen LogP contribution is 2.16. The van der Waals surface area contributed by atoms with Gasteiger partial charge in [0.05, 0.1) is 0 Å². The summed E-state index contributed by atoms with van der Waals surface area (Å²) in [7, 11) is 0. The zero-order valence-corrected chi connectivity index (χ0v) is 14.1. The molecule has 1 atom stereocenters. The van der Waals surface area contributed by atoms with E-state index in [1.54, 1.807) is 0 Å². The molecule has 2 aromatic rings. The van der Waals surface area contributed by atoms with Gasteiger partial charge in [-0.25, -0.2) is 0 Å². The molecular weight excluding hydrogens is 286 g/mol. The van der Waals surface area contributed by atoms with Crippen LogP contribution in [0.5, 0.6) is 5.75 Å². The normalized spacial score (nSPS) is 12.3. The number of rotatable bonds is 9. The molecule has 0 spiro atoms. The smallest absolute Gasteiger partial charge is 0.122 e. The summed E-state index contributed by atoms with van der Waals surface area (Å²) in [5.74, 6) is 0.844. The summed E-state index contributed by atoms with van der Waals surface area (Å²) in [6, 6.07) is 18.3. The van der Waals surface area contributed by atoms with Crippen molar-refractivity contribution in [3.05, 3.63) is 65.7 Å². The van der Waals surface area contributed by atoms with Gasteiger partial charge in [0.15, 0.2) is 0 Å². The van der Waals surface area contributed by atoms with Gasteiger partial charge in [-0.05, 0) is 37.1 Å². The molecule has 2 aromatic carbocycles. The minimum atomic E-state index is -0.495. The predicted molar refractivity (Wildman–Crippen MR) is 94.7 cm³/mol. The number of aliphatic hydroxyl groups is 1.